The summed E-state index contributed by atoms with van der Waals surface area (Å²) >= 11 is 0. The zero-order valence-corrected chi connectivity index (χ0v) is 10.4. The zero-order chi connectivity index (χ0) is 12.6. The minimum absolute atomic E-state index is 0.116. The fourth-order valence-electron chi connectivity index (χ4n) is 1.75. The van der Waals surface area contributed by atoms with Gasteiger partial charge in [-0.25, -0.2) is 4.79 Å². The molecule has 0 bridgehead atoms. The first-order valence-corrected chi connectivity index (χ1v) is 5.77. The lowest BCUT2D eigenvalue weighted by atomic mass is 10.0. The van der Waals surface area contributed by atoms with Crippen LogP contribution in [0.25, 0.3) is 0 Å². The number of hydrogen-bond donors (Lipinski definition) is 1. The highest BCUT2D eigenvalue weighted by Crippen LogP contribution is 2.21. The van der Waals surface area contributed by atoms with E-state index in [4.69, 9.17) is 9.47 Å². The number of epoxide rings is 1. The summed E-state index contributed by atoms with van der Waals surface area (Å²) < 4.78 is 10.6. The number of nitrogens with zero attached hydrogens (tertiary/aromatic N) is 1. The number of hydrogen-bond acceptors (Lipinski definition) is 4. The van der Waals surface area contributed by atoms with Crippen molar-refractivity contribution in [3.63, 3.8) is 0 Å². The van der Waals surface area contributed by atoms with Crippen molar-refractivity contribution in [2.45, 2.75) is 38.5 Å². The SMILES string of the molecule is CC(CN1C(=O)NC(=O)C1(C)C)OCC1CO1. The van der Waals surface area contributed by atoms with Gasteiger partial charge < -0.3 is 14.4 Å². The Morgan fingerprint density at radius 1 is 1.59 bits per heavy atom. The molecule has 96 valence electrons. The van der Waals surface area contributed by atoms with E-state index < -0.39 is 5.54 Å². The molecule has 2 fully saturated rings. The molecule has 2 rings (SSSR count). The van der Waals surface area contributed by atoms with E-state index in [1.807, 2.05) is 6.92 Å². The van der Waals surface area contributed by atoms with Crippen molar-refractivity contribution < 1.29 is 19.1 Å². The van der Waals surface area contributed by atoms with Crippen molar-refractivity contribution in [2.75, 3.05) is 19.8 Å². The Morgan fingerprint density at radius 2 is 2.24 bits per heavy atom. The molecule has 2 unspecified atom stereocenters. The first-order chi connectivity index (χ1) is 7.91. The summed E-state index contributed by atoms with van der Waals surface area (Å²) in [6, 6.07) is -0.349. The van der Waals surface area contributed by atoms with Gasteiger partial charge in [0, 0.05) is 6.54 Å². The number of urea groups is 1. The molecular weight excluding hydrogens is 224 g/mol. The highest BCUT2D eigenvalue weighted by molar-refractivity contribution is 6.06. The fourth-order valence-corrected chi connectivity index (χ4v) is 1.75. The Labute approximate surface area is 100 Å². The third-order valence-corrected chi connectivity index (χ3v) is 3.10. The van der Waals surface area contributed by atoms with E-state index in [1.165, 1.54) is 4.90 Å². The van der Waals surface area contributed by atoms with Crippen LogP contribution in [0.5, 0.6) is 0 Å². The number of imide groups is 1. The number of rotatable bonds is 5. The quantitative estimate of drug-likeness (QED) is 0.549. The second-order valence-electron chi connectivity index (χ2n) is 5.03. The number of carbonyl (C=O) groups excluding carboxylic acids is 2. The van der Waals surface area contributed by atoms with Gasteiger partial charge in [-0.3, -0.25) is 10.1 Å². The molecule has 0 saturated carbocycles. The largest absolute Gasteiger partial charge is 0.374 e. The summed E-state index contributed by atoms with van der Waals surface area (Å²) in [6.07, 6.45) is 0.0922. The molecule has 0 aromatic rings. The van der Waals surface area contributed by atoms with Crippen molar-refractivity contribution in [3.8, 4) is 0 Å². The van der Waals surface area contributed by atoms with Crippen LogP contribution in [0.1, 0.15) is 20.8 Å². The summed E-state index contributed by atoms with van der Waals surface area (Å²) in [7, 11) is 0. The van der Waals surface area contributed by atoms with Crippen molar-refractivity contribution in [1.29, 1.82) is 0 Å². The summed E-state index contributed by atoms with van der Waals surface area (Å²) in [4.78, 5) is 24.6. The van der Waals surface area contributed by atoms with E-state index in [0.29, 0.717) is 13.2 Å². The van der Waals surface area contributed by atoms with Crippen LogP contribution in [0.3, 0.4) is 0 Å². The highest BCUT2D eigenvalue weighted by Gasteiger charge is 2.45. The van der Waals surface area contributed by atoms with Gasteiger partial charge in [-0.2, -0.15) is 0 Å². The Hall–Kier alpha value is -1.14. The number of nitrogens with one attached hydrogen (secondary N) is 1. The molecule has 0 aromatic carbocycles. The van der Waals surface area contributed by atoms with Crippen LogP contribution in [0.2, 0.25) is 0 Å². The van der Waals surface area contributed by atoms with Gasteiger partial charge in [0.25, 0.3) is 5.91 Å². The van der Waals surface area contributed by atoms with Gasteiger partial charge in [0.1, 0.15) is 11.6 Å². The normalized spacial score (nSPS) is 28.2. The van der Waals surface area contributed by atoms with Crippen molar-refractivity contribution in [3.05, 3.63) is 0 Å². The van der Waals surface area contributed by atoms with Gasteiger partial charge in [-0.15, -0.1) is 0 Å². The van der Waals surface area contributed by atoms with Crippen LogP contribution in [-0.4, -0.2) is 54.3 Å². The Kier molecular flexibility index (Phi) is 3.09. The van der Waals surface area contributed by atoms with Crippen LogP contribution in [-0.2, 0) is 14.3 Å². The van der Waals surface area contributed by atoms with Gasteiger partial charge in [0.15, 0.2) is 0 Å². The van der Waals surface area contributed by atoms with Gasteiger partial charge in [0.05, 0.1) is 19.3 Å². The van der Waals surface area contributed by atoms with Crippen LogP contribution in [0.15, 0.2) is 0 Å². The first kappa shape index (κ1) is 12.3. The van der Waals surface area contributed by atoms with Crippen LogP contribution in [0, 0.1) is 0 Å². The standard InChI is InChI=1S/C11H18N2O4/c1-7(16-5-8-6-17-8)4-13-10(15)12-9(14)11(13,2)3/h7-8H,4-6H2,1-3H3,(H,12,14,15). The topological polar surface area (TPSA) is 71.2 Å². The number of amides is 3. The molecule has 0 radical (unpaired) electrons. The average Bonchev–Trinajstić information content (AvgIpc) is 3.02. The van der Waals surface area contributed by atoms with Gasteiger partial charge in [-0.1, -0.05) is 0 Å². The summed E-state index contributed by atoms with van der Waals surface area (Å²) in [5.74, 6) is -0.264. The number of ether oxygens (including phenoxy) is 2. The average molecular weight is 242 g/mol. The van der Waals surface area contributed by atoms with Crippen molar-refractivity contribution >= 4 is 11.9 Å². The molecule has 17 heavy (non-hydrogen) atoms. The zero-order valence-electron chi connectivity index (χ0n) is 10.4. The van der Waals surface area contributed by atoms with Gasteiger partial charge in [-0.05, 0) is 20.8 Å². The molecule has 1 N–H and O–H groups in total. The summed E-state index contributed by atoms with van der Waals surface area (Å²) in [5, 5.41) is 2.31. The van der Waals surface area contributed by atoms with Gasteiger partial charge >= 0.3 is 6.03 Å². The molecule has 6 heteroatoms. The second-order valence-corrected chi connectivity index (χ2v) is 5.03. The van der Waals surface area contributed by atoms with E-state index in [1.54, 1.807) is 13.8 Å². The lowest BCUT2D eigenvalue weighted by molar-refractivity contribution is -0.125. The van der Waals surface area contributed by atoms with E-state index >= 15 is 0 Å². The monoisotopic (exact) mass is 242 g/mol. The Bertz CT molecular complexity index is 338. The third-order valence-electron chi connectivity index (χ3n) is 3.10. The van der Waals surface area contributed by atoms with E-state index in [-0.39, 0.29) is 24.1 Å². The van der Waals surface area contributed by atoms with E-state index in [0.717, 1.165) is 6.61 Å². The molecule has 0 aromatic heterocycles. The lowest BCUT2D eigenvalue weighted by Crippen LogP contribution is -2.47. The van der Waals surface area contributed by atoms with Crippen LogP contribution >= 0.6 is 0 Å². The molecule has 0 spiro atoms. The molecule has 3 amide bonds. The first-order valence-electron chi connectivity index (χ1n) is 5.77. The predicted octanol–water partition coefficient (Wildman–Crippen LogP) is 0.121. The van der Waals surface area contributed by atoms with E-state index in [2.05, 4.69) is 5.32 Å². The fraction of sp³-hybridized carbons (Fsp3) is 0.818. The predicted molar refractivity (Wildman–Crippen MR) is 59.5 cm³/mol. The molecule has 2 atom stereocenters. The molecule has 2 saturated heterocycles. The van der Waals surface area contributed by atoms with Crippen LogP contribution < -0.4 is 5.32 Å². The minimum Gasteiger partial charge on any atom is -0.374 e. The van der Waals surface area contributed by atoms with Crippen molar-refractivity contribution in [2.24, 2.45) is 0 Å². The maximum absolute atomic E-state index is 11.6. The second kappa shape index (κ2) is 4.27. The van der Waals surface area contributed by atoms with Gasteiger partial charge in [0.2, 0.25) is 0 Å². The van der Waals surface area contributed by atoms with Crippen molar-refractivity contribution in [1.82, 2.24) is 10.2 Å². The molecule has 2 heterocycles. The summed E-state index contributed by atoms with van der Waals surface area (Å²) in [5.41, 5.74) is -0.801. The highest BCUT2D eigenvalue weighted by atomic mass is 16.6. The Morgan fingerprint density at radius 3 is 2.71 bits per heavy atom. The lowest BCUT2D eigenvalue weighted by Gasteiger charge is -2.30. The molecule has 2 aliphatic rings. The third kappa shape index (κ3) is 2.58. The number of carbonyl (C=O) groups is 2. The maximum Gasteiger partial charge on any atom is 0.325 e. The van der Waals surface area contributed by atoms with Crippen LogP contribution in [0.4, 0.5) is 4.79 Å². The summed E-state index contributed by atoms with van der Waals surface area (Å²) in [6.45, 7) is 7.03. The molecule has 6 nitrogen and oxygen atoms in total. The smallest absolute Gasteiger partial charge is 0.325 e. The van der Waals surface area contributed by atoms with E-state index in [9.17, 15) is 9.59 Å². The minimum atomic E-state index is -0.801. The molecular formula is C11H18N2O4. The molecule has 2 aliphatic heterocycles. The maximum atomic E-state index is 11.6. The molecule has 0 aliphatic carbocycles. The Balaban J connectivity index is 1.87.